The minimum absolute atomic E-state index is 0.0650. The summed E-state index contributed by atoms with van der Waals surface area (Å²) in [4.78, 5) is 26.1. The lowest BCUT2D eigenvalue weighted by molar-refractivity contribution is -0.122. The van der Waals surface area contributed by atoms with Crippen molar-refractivity contribution < 1.29 is 23.5 Å². The molecule has 1 aliphatic heterocycles. The number of carbonyl (C=O) groups excluding carboxylic acids is 2. The zero-order valence-electron chi connectivity index (χ0n) is 15.0. The maximum atomic E-state index is 13.0. The molecule has 0 saturated carbocycles. The number of rotatable bonds is 6. The average molecular weight is 423 g/mol. The minimum atomic E-state index is -0.439. The third-order valence-electron chi connectivity index (χ3n) is 3.94. The quantitative estimate of drug-likeness (QED) is 0.686. The Morgan fingerprint density at radius 2 is 1.82 bits per heavy atom. The van der Waals surface area contributed by atoms with Gasteiger partial charge in [-0.1, -0.05) is 23.7 Å². The van der Waals surface area contributed by atoms with Gasteiger partial charge < -0.3 is 14.8 Å². The summed E-state index contributed by atoms with van der Waals surface area (Å²) < 4.78 is 23.4. The van der Waals surface area contributed by atoms with Gasteiger partial charge in [0.25, 0.3) is 11.1 Å². The van der Waals surface area contributed by atoms with E-state index in [0.29, 0.717) is 27.8 Å². The molecule has 1 heterocycles. The molecule has 1 aliphatic rings. The highest BCUT2D eigenvalue weighted by molar-refractivity contribution is 8.18. The monoisotopic (exact) mass is 422 g/mol. The van der Waals surface area contributed by atoms with Crippen molar-refractivity contribution in [2.45, 2.75) is 0 Å². The Kier molecular flexibility index (Phi) is 6.11. The third kappa shape index (κ3) is 4.23. The van der Waals surface area contributed by atoms with Gasteiger partial charge in [-0.15, -0.1) is 0 Å². The van der Waals surface area contributed by atoms with E-state index in [2.05, 4.69) is 5.32 Å². The predicted octanol–water partition coefficient (Wildman–Crippen LogP) is 4.60. The molecular formula is C19H16ClFN2O4S. The molecule has 28 heavy (non-hydrogen) atoms. The molecule has 2 aromatic rings. The lowest BCUT2D eigenvalue weighted by atomic mass is 10.2. The van der Waals surface area contributed by atoms with E-state index < -0.39 is 11.1 Å². The van der Waals surface area contributed by atoms with Gasteiger partial charge in [-0.2, -0.15) is 0 Å². The summed E-state index contributed by atoms with van der Waals surface area (Å²) in [5.41, 5.74) is 1.14. The number of ether oxygens (including phenoxy) is 2. The van der Waals surface area contributed by atoms with Gasteiger partial charge >= 0.3 is 0 Å². The first-order valence-electron chi connectivity index (χ1n) is 8.09. The summed E-state index contributed by atoms with van der Waals surface area (Å²) in [5, 5.41) is 2.93. The third-order valence-corrected chi connectivity index (χ3v) is 5.15. The molecule has 0 spiro atoms. The van der Waals surface area contributed by atoms with Gasteiger partial charge in [0.1, 0.15) is 17.3 Å². The molecular weight excluding hydrogens is 407 g/mol. The molecule has 0 unspecified atom stereocenters. The lowest BCUT2D eigenvalue weighted by Crippen LogP contribution is -2.33. The molecule has 2 amide bonds. The Bertz CT molecular complexity index is 950. The van der Waals surface area contributed by atoms with Crippen molar-refractivity contribution in [2.75, 3.05) is 26.2 Å². The number of halogens is 2. The molecule has 0 aliphatic carbocycles. The van der Waals surface area contributed by atoms with Gasteiger partial charge in [-0.25, -0.2) is 4.39 Å². The predicted molar refractivity (Wildman–Crippen MR) is 107 cm³/mol. The minimum Gasteiger partial charge on any atom is -0.495 e. The molecule has 146 valence electrons. The molecule has 6 nitrogen and oxygen atoms in total. The van der Waals surface area contributed by atoms with Crippen LogP contribution in [0.25, 0.3) is 6.08 Å². The van der Waals surface area contributed by atoms with Crippen molar-refractivity contribution in [1.82, 2.24) is 4.90 Å². The average Bonchev–Trinajstić information content (AvgIpc) is 2.95. The highest BCUT2D eigenvalue weighted by Crippen LogP contribution is 2.37. The first kappa shape index (κ1) is 20.0. The van der Waals surface area contributed by atoms with Crippen molar-refractivity contribution in [3.63, 3.8) is 0 Å². The normalized spacial score (nSPS) is 15.3. The van der Waals surface area contributed by atoms with Crippen LogP contribution in [-0.2, 0) is 4.79 Å². The number of hydrogen-bond acceptors (Lipinski definition) is 6. The van der Waals surface area contributed by atoms with E-state index in [4.69, 9.17) is 21.1 Å². The van der Waals surface area contributed by atoms with Crippen LogP contribution in [0.2, 0.25) is 5.02 Å². The topological polar surface area (TPSA) is 67.9 Å². The number of thioether (sulfide) groups is 1. The highest BCUT2D eigenvalue weighted by Gasteiger charge is 2.35. The Labute approximate surface area is 170 Å². The number of nitrogens with one attached hydrogen (secondary N) is 1. The Balaban J connectivity index is 1.75. The number of nitrogens with zero attached hydrogens (tertiary/aromatic N) is 1. The standard InChI is InChI=1S/C19H16ClFN2O4S/c1-26-15-9-16(27-2)14(8-13(15)20)22-10-23-18(24)17(28-19(23)25)7-11-3-5-12(21)6-4-11/h3-9,22H,10H2,1-2H3. The van der Waals surface area contributed by atoms with Gasteiger partial charge in [-0.05, 0) is 41.6 Å². The largest absolute Gasteiger partial charge is 0.495 e. The zero-order chi connectivity index (χ0) is 20.3. The van der Waals surface area contributed by atoms with E-state index in [1.807, 2.05) is 0 Å². The van der Waals surface area contributed by atoms with Crippen LogP contribution in [0.4, 0.5) is 14.9 Å². The molecule has 3 rings (SSSR count). The van der Waals surface area contributed by atoms with Crippen LogP contribution in [-0.4, -0.2) is 36.9 Å². The number of anilines is 1. The molecule has 1 fully saturated rings. The summed E-state index contributed by atoms with van der Waals surface area (Å²) in [6.45, 7) is -0.0650. The molecule has 0 atom stereocenters. The van der Waals surface area contributed by atoms with Gasteiger partial charge in [0.2, 0.25) is 0 Å². The molecule has 0 radical (unpaired) electrons. The number of imide groups is 1. The van der Waals surface area contributed by atoms with Crippen LogP contribution in [0.3, 0.4) is 0 Å². The molecule has 9 heteroatoms. The number of methoxy groups -OCH3 is 2. The fraction of sp³-hybridized carbons (Fsp3) is 0.158. The second-order valence-corrected chi connectivity index (χ2v) is 7.08. The summed E-state index contributed by atoms with van der Waals surface area (Å²) >= 11 is 6.95. The van der Waals surface area contributed by atoms with Gasteiger partial charge in [0.15, 0.2) is 0 Å². The van der Waals surface area contributed by atoms with Crippen LogP contribution in [0, 0.1) is 5.82 Å². The van der Waals surface area contributed by atoms with Crippen LogP contribution in [0.5, 0.6) is 11.5 Å². The molecule has 1 saturated heterocycles. The van der Waals surface area contributed by atoms with Crippen LogP contribution < -0.4 is 14.8 Å². The fourth-order valence-corrected chi connectivity index (χ4v) is 3.59. The van der Waals surface area contributed by atoms with E-state index in [0.717, 1.165) is 16.7 Å². The Hall–Kier alpha value is -2.71. The maximum absolute atomic E-state index is 13.0. The van der Waals surface area contributed by atoms with E-state index in [-0.39, 0.29) is 17.4 Å². The summed E-state index contributed by atoms with van der Waals surface area (Å²) in [5.74, 6) is 0.0829. The van der Waals surface area contributed by atoms with Crippen molar-refractivity contribution >= 4 is 46.3 Å². The van der Waals surface area contributed by atoms with Gasteiger partial charge in [0, 0.05) is 6.07 Å². The fourth-order valence-electron chi connectivity index (χ4n) is 2.51. The van der Waals surface area contributed by atoms with Crippen molar-refractivity contribution in [3.8, 4) is 11.5 Å². The molecule has 1 N–H and O–H groups in total. The van der Waals surface area contributed by atoms with E-state index in [1.165, 1.54) is 38.5 Å². The molecule has 0 bridgehead atoms. The number of benzene rings is 2. The number of amides is 2. The summed E-state index contributed by atoms with van der Waals surface area (Å²) in [7, 11) is 2.97. The first-order valence-corrected chi connectivity index (χ1v) is 9.28. The Morgan fingerprint density at radius 1 is 1.14 bits per heavy atom. The van der Waals surface area contributed by atoms with E-state index in [1.54, 1.807) is 18.2 Å². The van der Waals surface area contributed by atoms with Crippen LogP contribution >= 0.6 is 23.4 Å². The van der Waals surface area contributed by atoms with Crippen LogP contribution in [0.15, 0.2) is 41.3 Å². The second-order valence-electron chi connectivity index (χ2n) is 5.68. The van der Waals surface area contributed by atoms with Crippen LogP contribution in [0.1, 0.15) is 5.56 Å². The number of carbonyl (C=O) groups is 2. The summed E-state index contributed by atoms with van der Waals surface area (Å²) in [6.07, 6.45) is 1.55. The zero-order valence-corrected chi connectivity index (χ0v) is 16.6. The summed E-state index contributed by atoms with van der Waals surface area (Å²) in [6, 6.07) is 8.84. The molecule has 0 aromatic heterocycles. The van der Waals surface area contributed by atoms with Crippen molar-refractivity contribution in [1.29, 1.82) is 0 Å². The Morgan fingerprint density at radius 3 is 2.46 bits per heavy atom. The van der Waals surface area contributed by atoms with Crippen molar-refractivity contribution in [3.05, 3.63) is 57.7 Å². The second kappa shape index (κ2) is 8.53. The maximum Gasteiger partial charge on any atom is 0.295 e. The van der Waals surface area contributed by atoms with Gasteiger partial charge in [-0.3, -0.25) is 14.5 Å². The van der Waals surface area contributed by atoms with Crippen molar-refractivity contribution in [2.24, 2.45) is 0 Å². The van der Waals surface area contributed by atoms with E-state index in [9.17, 15) is 14.0 Å². The van der Waals surface area contributed by atoms with Gasteiger partial charge in [0.05, 0.1) is 36.5 Å². The first-order chi connectivity index (χ1) is 13.4. The highest BCUT2D eigenvalue weighted by atomic mass is 35.5. The number of hydrogen-bond donors (Lipinski definition) is 1. The lowest BCUT2D eigenvalue weighted by Gasteiger charge is -2.17. The SMILES string of the molecule is COc1cc(OC)c(NCN2C(=O)SC(=Cc3ccc(F)cc3)C2=O)cc1Cl. The molecule has 2 aromatic carbocycles. The smallest absolute Gasteiger partial charge is 0.295 e. The van der Waals surface area contributed by atoms with E-state index >= 15 is 0 Å².